The first kappa shape index (κ1) is 14.8. The third kappa shape index (κ3) is 10.9. The summed E-state index contributed by atoms with van der Waals surface area (Å²) in [7, 11) is 16.7. The monoisotopic (exact) mass is 436 g/mol. The number of methoxy groups -OCH3 is 1. The summed E-state index contributed by atoms with van der Waals surface area (Å²) in [6.45, 7) is 0. The predicted molar refractivity (Wildman–Crippen MR) is 60.3 cm³/mol. The maximum absolute atomic E-state index is 5.14. The summed E-state index contributed by atoms with van der Waals surface area (Å²) in [6, 6.07) is 0. The molecule has 0 N–H and O–H groups in total. The van der Waals surface area contributed by atoms with Gasteiger partial charge in [-0.1, -0.05) is 12.2 Å². The van der Waals surface area contributed by atoms with E-state index in [0.29, 0.717) is 0 Å². The number of allylic oxidation sites excluding steroid dienone is 4. The molecule has 0 bridgehead atoms. The van der Waals surface area contributed by atoms with Crippen molar-refractivity contribution in [3.8, 4) is 0 Å². The van der Waals surface area contributed by atoms with Crippen LogP contribution in [0.4, 0.5) is 0 Å². The van der Waals surface area contributed by atoms with Crippen molar-refractivity contribution < 1.29 is 18.2 Å². The first-order valence-electron chi connectivity index (χ1n) is 4.21. The van der Waals surface area contributed by atoms with Crippen molar-refractivity contribution in [2.75, 3.05) is 7.11 Å². The van der Waals surface area contributed by atoms with Crippen LogP contribution in [0.2, 0.25) is 0 Å². The van der Waals surface area contributed by atoms with Crippen LogP contribution in [0.3, 0.4) is 0 Å². The van der Waals surface area contributed by atoms with Crippen molar-refractivity contribution in [2.24, 2.45) is 0 Å². The molecule has 0 aromatic rings. The van der Waals surface area contributed by atoms with E-state index in [-0.39, 0.29) is 0 Å². The summed E-state index contributed by atoms with van der Waals surface area (Å²) in [6.07, 6.45) is 11.2. The van der Waals surface area contributed by atoms with Gasteiger partial charge < -0.3 is 4.74 Å². The van der Waals surface area contributed by atoms with Crippen LogP contribution < -0.4 is 0 Å². The van der Waals surface area contributed by atoms with Gasteiger partial charge in [0.05, 0.1) is 12.9 Å². The molecule has 0 unspecified atom stereocenters. The third-order valence-electron chi connectivity index (χ3n) is 1.72. The molecule has 1 rings (SSSR count). The van der Waals surface area contributed by atoms with E-state index in [2.05, 4.69) is 18.2 Å². The Labute approximate surface area is 103 Å². The topological polar surface area (TPSA) is 9.23 Å². The molecular formula is C9H14Cl3IrO. The zero-order valence-corrected chi connectivity index (χ0v) is 12.6. The van der Waals surface area contributed by atoms with Crippen LogP contribution in [0, 0.1) is 0 Å². The molecule has 1 nitrogen and oxygen atoms in total. The normalized spacial score (nSPS) is 16.9. The van der Waals surface area contributed by atoms with E-state index in [9.17, 15) is 0 Å². The van der Waals surface area contributed by atoms with Gasteiger partial charge >= 0.3 is 42.2 Å². The molecule has 1 aliphatic rings. The Morgan fingerprint density at radius 1 is 1.29 bits per heavy atom. The van der Waals surface area contributed by atoms with Crippen molar-refractivity contribution in [1.29, 1.82) is 0 Å². The molecule has 1 aliphatic carbocycles. The van der Waals surface area contributed by atoms with Crippen LogP contribution in [-0.2, 0) is 18.2 Å². The fourth-order valence-corrected chi connectivity index (χ4v) is 1.09. The standard InChI is InChI=1S/C9H14O.3ClH.Ir/c1-10-9-7-5-3-2-4-6-8-9;;;;/h3,5,7H,2,4,6,8H2,1H3;3*1H;/q;;;;+3/p-3. The Morgan fingerprint density at radius 3 is 2.50 bits per heavy atom. The molecule has 0 aromatic heterocycles. The molecule has 0 spiro atoms. The van der Waals surface area contributed by atoms with Gasteiger partial charge in [-0.25, -0.2) is 0 Å². The number of hydrogen-bond donors (Lipinski definition) is 0. The van der Waals surface area contributed by atoms with E-state index in [1.807, 2.05) is 0 Å². The van der Waals surface area contributed by atoms with Gasteiger partial charge in [0.2, 0.25) is 0 Å². The summed E-state index contributed by atoms with van der Waals surface area (Å²) >= 11 is -1.92. The maximum atomic E-state index is 5.14. The molecule has 0 saturated heterocycles. The van der Waals surface area contributed by atoms with Gasteiger partial charge in [0.25, 0.3) is 0 Å². The van der Waals surface area contributed by atoms with Crippen LogP contribution in [0.25, 0.3) is 0 Å². The second-order valence-electron chi connectivity index (χ2n) is 2.65. The number of rotatable bonds is 1. The van der Waals surface area contributed by atoms with E-state index in [1.165, 1.54) is 19.3 Å². The number of halogens is 3. The molecule has 0 aromatic carbocycles. The van der Waals surface area contributed by atoms with Crippen molar-refractivity contribution in [3.05, 3.63) is 24.0 Å². The first-order valence-corrected chi connectivity index (χ1v) is 13.1. The van der Waals surface area contributed by atoms with Crippen LogP contribution in [0.1, 0.15) is 25.7 Å². The Hall–Kier alpha value is 0.799. The number of hydrogen-bond acceptors (Lipinski definition) is 1. The molecule has 0 aliphatic heterocycles. The molecule has 0 saturated carbocycles. The summed E-state index contributed by atoms with van der Waals surface area (Å²) < 4.78 is 5.14. The van der Waals surface area contributed by atoms with Gasteiger partial charge in [0.15, 0.2) is 0 Å². The van der Waals surface area contributed by atoms with Gasteiger partial charge in [-0.05, 0) is 25.3 Å². The predicted octanol–water partition coefficient (Wildman–Crippen LogP) is 4.71. The number of ether oxygens (including phenoxy) is 1. The Kier molecular flexibility index (Phi) is 10.9. The first-order chi connectivity index (χ1) is 6.66. The second-order valence-corrected chi connectivity index (χ2v) is 13.0. The molecule has 14 heavy (non-hydrogen) atoms. The fourth-order valence-electron chi connectivity index (χ4n) is 1.09. The van der Waals surface area contributed by atoms with E-state index in [1.54, 1.807) is 7.11 Å². The minimum atomic E-state index is -1.92. The average Bonchev–Trinajstić information content (AvgIpc) is 2.02. The molecule has 0 fully saturated rings. The Bertz CT molecular complexity index is 190. The SMILES string of the molecule is COC1=CC=CCCCC1.[Cl][Ir]([Cl])[Cl]. The van der Waals surface area contributed by atoms with Crippen molar-refractivity contribution in [1.82, 2.24) is 0 Å². The van der Waals surface area contributed by atoms with Crippen molar-refractivity contribution in [3.63, 3.8) is 0 Å². The Balaban J connectivity index is 0.000000364. The van der Waals surface area contributed by atoms with E-state index < -0.39 is 13.5 Å². The molecular weight excluding hydrogens is 423 g/mol. The van der Waals surface area contributed by atoms with Crippen LogP contribution >= 0.6 is 28.8 Å². The molecule has 0 amide bonds. The molecule has 0 heterocycles. The minimum absolute atomic E-state index is 1.10. The van der Waals surface area contributed by atoms with Crippen molar-refractivity contribution >= 4 is 28.8 Å². The zero-order chi connectivity index (χ0) is 10.8. The quantitative estimate of drug-likeness (QED) is 0.578. The van der Waals surface area contributed by atoms with Crippen LogP contribution in [-0.4, -0.2) is 7.11 Å². The molecule has 0 radical (unpaired) electrons. The molecule has 0 atom stereocenters. The second kappa shape index (κ2) is 10.3. The van der Waals surface area contributed by atoms with Gasteiger partial charge in [-0.3, -0.25) is 0 Å². The van der Waals surface area contributed by atoms with Crippen LogP contribution in [0.5, 0.6) is 0 Å². The fraction of sp³-hybridized carbons (Fsp3) is 0.556. The average molecular weight is 437 g/mol. The van der Waals surface area contributed by atoms with Gasteiger partial charge in [-0.2, -0.15) is 0 Å². The van der Waals surface area contributed by atoms with Gasteiger partial charge in [0.1, 0.15) is 0 Å². The van der Waals surface area contributed by atoms with Gasteiger partial charge in [-0.15, -0.1) is 0 Å². The summed E-state index contributed by atoms with van der Waals surface area (Å²) in [5.41, 5.74) is 0. The van der Waals surface area contributed by atoms with E-state index in [0.717, 1.165) is 12.2 Å². The van der Waals surface area contributed by atoms with E-state index in [4.69, 9.17) is 33.5 Å². The van der Waals surface area contributed by atoms with Crippen molar-refractivity contribution in [2.45, 2.75) is 25.7 Å². The zero-order valence-electron chi connectivity index (χ0n) is 7.94. The third-order valence-corrected chi connectivity index (χ3v) is 1.72. The Morgan fingerprint density at radius 2 is 1.93 bits per heavy atom. The van der Waals surface area contributed by atoms with Crippen LogP contribution in [0.15, 0.2) is 24.0 Å². The molecule has 5 heteroatoms. The summed E-state index contributed by atoms with van der Waals surface area (Å²) in [5.74, 6) is 1.11. The molecule has 86 valence electrons. The summed E-state index contributed by atoms with van der Waals surface area (Å²) in [5, 5.41) is 0. The summed E-state index contributed by atoms with van der Waals surface area (Å²) in [4.78, 5) is 0. The van der Waals surface area contributed by atoms with E-state index >= 15 is 0 Å². The van der Waals surface area contributed by atoms with Gasteiger partial charge in [0, 0.05) is 6.42 Å².